The third-order valence-corrected chi connectivity index (χ3v) is 5.71. The maximum Gasteiger partial charge on any atom is 0.153 e. The van der Waals surface area contributed by atoms with Crippen molar-refractivity contribution in [2.45, 2.75) is 26.4 Å². The minimum atomic E-state index is 0.553. The molecule has 0 saturated heterocycles. The van der Waals surface area contributed by atoms with Gasteiger partial charge in [0.25, 0.3) is 0 Å². The van der Waals surface area contributed by atoms with Crippen molar-refractivity contribution in [1.29, 1.82) is 0 Å². The van der Waals surface area contributed by atoms with E-state index in [2.05, 4.69) is 43.8 Å². The molecule has 1 aromatic carbocycles. The van der Waals surface area contributed by atoms with Gasteiger partial charge in [0.05, 0.1) is 30.0 Å². The third kappa shape index (κ3) is 4.47. The van der Waals surface area contributed by atoms with Crippen LogP contribution in [-0.2, 0) is 19.5 Å². The van der Waals surface area contributed by atoms with Crippen LogP contribution >= 0.6 is 0 Å². The lowest BCUT2D eigenvalue weighted by molar-refractivity contribution is 0.644. The van der Waals surface area contributed by atoms with E-state index in [4.69, 9.17) is 15.7 Å². The second-order valence-electron chi connectivity index (χ2n) is 7.98. The number of nitrogens with one attached hydrogen (secondary N) is 3. The van der Waals surface area contributed by atoms with E-state index < -0.39 is 0 Å². The van der Waals surface area contributed by atoms with E-state index >= 15 is 0 Å². The summed E-state index contributed by atoms with van der Waals surface area (Å²) in [6.45, 7) is 4.47. The van der Waals surface area contributed by atoms with Gasteiger partial charge in [0.1, 0.15) is 5.82 Å². The van der Waals surface area contributed by atoms with Crippen molar-refractivity contribution in [2.75, 3.05) is 11.9 Å². The molecule has 33 heavy (non-hydrogen) atoms. The van der Waals surface area contributed by atoms with E-state index in [1.807, 2.05) is 37.3 Å². The number of hydrogen-bond acceptors (Lipinski definition) is 6. The van der Waals surface area contributed by atoms with Crippen molar-refractivity contribution in [3.8, 4) is 22.6 Å². The average Bonchev–Trinajstić information content (AvgIpc) is 3.28. The molecule has 0 unspecified atom stereocenters. The Morgan fingerprint density at radius 1 is 1.12 bits per heavy atom. The number of pyridine rings is 2. The fourth-order valence-electron chi connectivity index (χ4n) is 4.14. The first-order chi connectivity index (χ1) is 16.2. The van der Waals surface area contributed by atoms with E-state index in [1.165, 1.54) is 17.5 Å². The summed E-state index contributed by atoms with van der Waals surface area (Å²) in [4.78, 5) is 21.5. The molecule has 5 N–H and O–H groups in total. The van der Waals surface area contributed by atoms with Crippen molar-refractivity contribution < 1.29 is 0 Å². The molecule has 1 aliphatic rings. The summed E-state index contributed by atoms with van der Waals surface area (Å²) in [5.74, 6) is 1.39. The van der Waals surface area contributed by atoms with Gasteiger partial charge < -0.3 is 21.4 Å². The monoisotopic (exact) mass is 438 g/mol. The maximum absolute atomic E-state index is 5.38. The first-order valence-electron chi connectivity index (χ1n) is 11.0. The molecular formula is C25H26N8. The molecule has 0 saturated carbocycles. The van der Waals surface area contributed by atoms with Crippen LogP contribution in [0, 0.1) is 6.92 Å². The highest BCUT2D eigenvalue weighted by Crippen LogP contribution is 2.30. The predicted molar refractivity (Wildman–Crippen MR) is 131 cm³/mol. The number of aliphatic imine (C=N–C) groups is 1. The number of aryl methyl sites for hydroxylation is 1. The SMILES string of the molecule is Cc1cccc(-c2[nH]c(CNc3cccc4c3CCNC4)nc2-c2ccc(N=CN)nc2)n1. The first kappa shape index (κ1) is 20.8. The van der Waals surface area contributed by atoms with Crippen molar-refractivity contribution in [2.24, 2.45) is 10.7 Å². The molecule has 0 aliphatic carbocycles. The number of anilines is 1. The normalized spacial score (nSPS) is 13.2. The molecule has 4 heterocycles. The fraction of sp³-hybridized carbons (Fsp3) is 0.200. The third-order valence-electron chi connectivity index (χ3n) is 5.71. The molecule has 0 spiro atoms. The molecule has 0 fully saturated rings. The van der Waals surface area contributed by atoms with Gasteiger partial charge in [-0.1, -0.05) is 18.2 Å². The maximum atomic E-state index is 5.38. The Morgan fingerprint density at radius 2 is 2.03 bits per heavy atom. The van der Waals surface area contributed by atoms with Gasteiger partial charge in [0, 0.05) is 29.7 Å². The topological polar surface area (TPSA) is 117 Å². The molecule has 0 bridgehead atoms. The molecular weight excluding hydrogens is 412 g/mol. The Kier molecular flexibility index (Phi) is 5.82. The van der Waals surface area contributed by atoms with Gasteiger partial charge in [0.2, 0.25) is 0 Å². The predicted octanol–water partition coefficient (Wildman–Crippen LogP) is 3.72. The van der Waals surface area contributed by atoms with Crippen LogP contribution in [0.1, 0.15) is 22.6 Å². The highest BCUT2D eigenvalue weighted by atomic mass is 15.0. The second-order valence-corrected chi connectivity index (χ2v) is 7.98. The Hall–Kier alpha value is -4.04. The second kappa shape index (κ2) is 9.22. The van der Waals surface area contributed by atoms with Gasteiger partial charge >= 0.3 is 0 Å². The summed E-state index contributed by atoms with van der Waals surface area (Å²) in [6, 6.07) is 16.2. The zero-order valence-corrected chi connectivity index (χ0v) is 18.5. The minimum absolute atomic E-state index is 0.553. The fourth-order valence-corrected chi connectivity index (χ4v) is 4.14. The number of nitrogens with two attached hydrogens (primary N) is 1. The summed E-state index contributed by atoms with van der Waals surface area (Å²) >= 11 is 0. The number of aromatic amines is 1. The summed E-state index contributed by atoms with van der Waals surface area (Å²) in [5.41, 5.74) is 13.6. The van der Waals surface area contributed by atoms with E-state index in [9.17, 15) is 0 Å². The minimum Gasteiger partial charge on any atom is -0.390 e. The molecule has 0 atom stereocenters. The van der Waals surface area contributed by atoms with Gasteiger partial charge in [-0.2, -0.15) is 0 Å². The molecule has 1 aliphatic heterocycles. The lowest BCUT2D eigenvalue weighted by Gasteiger charge is -2.20. The zero-order valence-electron chi connectivity index (χ0n) is 18.5. The van der Waals surface area contributed by atoms with Crippen molar-refractivity contribution in [3.63, 3.8) is 0 Å². The summed E-state index contributed by atoms with van der Waals surface area (Å²) in [5, 5.41) is 7.01. The van der Waals surface area contributed by atoms with Crippen LogP contribution in [0.5, 0.6) is 0 Å². The average molecular weight is 439 g/mol. The standard InChI is InChI=1S/C25H26N8/c1-16-4-2-7-21(31-16)25-24(18-8-9-22(29-13-18)30-15-26)32-23(33-25)14-28-20-6-3-5-17-12-27-11-10-19(17)20/h2-9,13,15,27-28H,10-12,14H2,1H3,(H,32,33)(H2,26,29,30). The van der Waals surface area contributed by atoms with Crippen LogP contribution < -0.4 is 16.4 Å². The van der Waals surface area contributed by atoms with Crippen LogP contribution in [0.2, 0.25) is 0 Å². The highest BCUT2D eigenvalue weighted by Gasteiger charge is 2.17. The van der Waals surface area contributed by atoms with E-state index in [-0.39, 0.29) is 0 Å². The van der Waals surface area contributed by atoms with Gasteiger partial charge in [-0.15, -0.1) is 0 Å². The van der Waals surface area contributed by atoms with E-state index in [0.29, 0.717) is 12.4 Å². The van der Waals surface area contributed by atoms with Crippen LogP contribution in [0.4, 0.5) is 11.5 Å². The Balaban J connectivity index is 1.48. The molecule has 3 aromatic heterocycles. The first-order valence-corrected chi connectivity index (χ1v) is 11.0. The number of aromatic nitrogens is 4. The lowest BCUT2D eigenvalue weighted by Crippen LogP contribution is -2.24. The van der Waals surface area contributed by atoms with E-state index in [1.54, 1.807) is 6.20 Å². The number of nitrogens with zero attached hydrogens (tertiary/aromatic N) is 4. The lowest BCUT2D eigenvalue weighted by atomic mass is 9.99. The molecule has 8 heteroatoms. The highest BCUT2D eigenvalue weighted by molar-refractivity contribution is 5.77. The van der Waals surface area contributed by atoms with Gasteiger partial charge in [-0.3, -0.25) is 4.98 Å². The van der Waals surface area contributed by atoms with E-state index in [0.717, 1.165) is 59.4 Å². The van der Waals surface area contributed by atoms with Crippen LogP contribution in [0.25, 0.3) is 22.6 Å². The van der Waals surface area contributed by atoms with Crippen molar-refractivity contribution in [1.82, 2.24) is 25.3 Å². The van der Waals surface area contributed by atoms with Gasteiger partial charge in [-0.05, 0) is 61.3 Å². The van der Waals surface area contributed by atoms with Crippen molar-refractivity contribution in [3.05, 3.63) is 77.4 Å². The summed E-state index contributed by atoms with van der Waals surface area (Å²) in [7, 11) is 0. The number of hydrogen-bond donors (Lipinski definition) is 4. The Labute approximate surface area is 192 Å². The van der Waals surface area contributed by atoms with Crippen LogP contribution in [-0.4, -0.2) is 32.8 Å². The Morgan fingerprint density at radius 3 is 2.85 bits per heavy atom. The summed E-state index contributed by atoms with van der Waals surface area (Å²) < 4.78 is 0. The number of benzene rings is 1. The van der Waals surface area contributed by atoms with Crippen LogP contribution in [0.15, 0.2) is 59.7 Å². The molecule has 8 nitrogen and oxygen atoms in total. The zero-order chi connectivity index (χ0) is 22.6. The molecule has 0 amide bonds. The molecule has 5 rings (SSSR count). The quantitative estimate of drug-likeness (QED) is 0.269. The van der Waals surface area contributed by atoms with Crippen molar-refractivity contribution >= 4 is 17.8 Å². The molecule has 0 radical (unpaired) electrons. The summed E-state index contributed by atoms with van der Waals surface area (Å²) in [6.07, 6.45) is 4.01. The number of rotatable bonds is 6. The number of imidazole rings is 1. The Bertz CT molecular complexity index is 1290. The smallest absolute Gasteiger partial charge is 0.153 e. The van der Waals surface area contributed by atoms with Gasteiger partial charge in [0.15, 0.2) is 5.82 Å². The largest absolute Gasteiger partial charge is 0.390 e. The molecule has 166 valence electrons. The number of H-pyrrole nitrogens is 1. The molecule has 4 aromatic rings. The number of fused-ring (bicyclic) bond motifs is 1. The van der Waals surface area contributed by atoms with Crippen LogP contribution in [0.3, 0.4) is 0 Å². The van der Waals surface area contributed by atoms with Gasteiger partial charge in [-0.25, -0.2) is 15.0 Å².